The molecule has 0 aliphatic rings. The SMILES string of the molecule is CC(C)CC(C)N(C)Cc1csc(C(=O)NN)n1. The van der Waals surface area contributed by atoms with Gasteiger partial charge in [0.05, 0.1) is 5.69 Å². The number of hydrogen-bond acceptors (Lipinski definition) is 5. The van der Waals surface area contributed by atoms with E-state index in [1.807, 2.05) is 5.38 Å². The van der Waals surface area contributed by atoms with Crippen LogP contribution in [0.3, 0.4) is 0 Å². The van der Waals surface area contributed by atoms with Crippen LogP contribution in [-0.2, 0) is 6.54 Å². The lowest BCUT2D eigenvalue weighted by molar-refractivity contribution is 0.0953. The Morgan fingerprint density at radius 3 is 2.78 bits per heavy atom. The Hall–Kier alpha value is -0.980. The van der Waals surface area contributed by atoms with E-state index in [9.17, 15) is 4.79 Å². The standard InChI is InChI=1S/C12H22N4OS/c1-8(2)5-9(3)16(4)6-10-7-18-12(14-10)11(17)15-13/h7-9H,5-6,13H2,1-4H3,(H,15,17). The van der Waals surface area contributed by atoms with Crippen molar-refractivity contribution < 1.29 is 4.79 Å². The van der Waals surface area contributed by atoms with Crippen molar-refractivity contribution in [2.45, 2.75) is 39.8 Å². The lowest BCUT2D eigenvalue weighted by atomic mass is 10.0. The normalized spacial score (nSPS) is 13.1. The first-order valence-electron chi connectivity index (χ1n) is 6.09. The van der Waals surface area contributed by atoms with Gasteiger partial charge in [-0.25, -0.2) is 10.8 Å². The van der Waals surface area contributed by atoms with Crippen molar-refractivity contribution in [1.82, 2.24) is 15.3 Å². The smallest absolute Gasteiger partial charge is 0.294 e. The monoisotopic (exact) mass is 270 g/mol. The van der Waals surface area contributed by atoms with Gasteiger partial charge in [0.15, 0.2) is 5.01 Å². The zero-order valence-corrected chi connectivity index (χ0v) is 12.3. The van der Waals surface area contributed by atoms with Crippen LogP contribution in [0.4, 0.5) is 0 Å². The number of hydrogen-bond donors (Lipinski definition) is 2. The molecule has 0 bridgehead atoms. The van der Waals surface area contributed by atoms with Gasteiger partial charge < -0.3 is 0 Å². The Kier molecular flexibility index (Phi) is 5.71. The number of thiazole rings is 1. The maximum Gasteiger partial charge on any atom is 0.294 e. The van der Waals surface area contributed by atoms with Crippen LogP contribution in [0.5, 0.6) is 0 Å². The van der Waals surface area contributed by atoms with Crippen molar-refractivity contribution in [2.24, 2.45) is 11.8 Å². The van der Waals surface area contributed by atoms with E-state index in [1.165, 1.54) is 11.3 Å². The van der Waals surface area contributed by atoms with E-state index < -0.39 is 0 Å². The number of nitrogens with zero attached hydrogens (tertiary/aromatic N) is 2. The fourth-order valence-corrected chi connectivity index (χ4v) is 2.53. The lowest BCUT2D eigenvalue weighted by Crippen LogP contribution is -2.31. The number of amides is 1. The van der Waals surface area contributed by atoms with E-state index in [2.05, 4.69) is 43.1 Å². The third-order valence-electron chi connectivity index (χ3n) is 2.85. The van der Waals surface area contributed by atoms with Crippen molar-refractivity contribution in [2.75, 3.05) is 7.05 Å². The Morgan fingerprint density at radius 2 is 2.22 bits per heavy atom. The third-order valence-corrected chi connectivity index (χ3v) is 3.74. The summed E-state index contributed by atoms with van der Waals surface area (Å²) < 4.78 is 0. The van der Waals surface area contributed by atoms with Gasteiger partial charge in [-0.15, -0.1) is 11.3 Å². The van der Waals surface area contributed by atoms with Gasteiger partial charge in [-0.3, -0.25) is 15.1 Å². The number of carbonyl (C=O) groups excluding carboxylic acids is 1. The Bertz CT molecular complexity index is 391. The van der Waals surface area contributed by atoms with Crippen molar-refractivity contribution in [1.29, 1.82) is 0 Å². The fraction of sp³-hybridized carbons (Fsp3) is 0.667. The van der Waals surface area contributed by atoms with Crippen LogP contribution in [0.15, 0.2) is 5.38 Å². The largest absolute Gasteiger partial charge is 0.298 e. The van der Waals surface area contributed by atoms with Gasteiger partial charge in [0, 0.05) is 18.0 Å². The van der Waals surface area contributed by atoms with Crippen LogP contribution >= 0.6 is 11.3 Å². The molecule has 0 aromatic carbocycles. The second kappa shape index (κ2) is 6.82. The molecule has 6 heteroatoms. The lowest BCUT2D eigenvalue weighted by Gasteiger charge is -2.25. The molecule has 3 N–H and O–H groups in total. The molecule has 1 aromatic heterocycles. The highest BCUT2D eigenvalue weighted by Gasteiger charge is 2.14. The van der Waals surface area contributed by atoms with E-state index in [1.54, 1.807) is 0 Å². The van der Waals surface area contributed by atoms with Crippen LogP contribution in [0.2, 0.25) is 0 Å². The second-order valence-electron chi connectivity index (χ2n) is 5.01. The average Bonchev–Trinajstić information content (AvgIpc) is 2.75. The topological polar surface area (TPSA) is 71.2 Å². The minimum absolute atomic E-state index is 0.330. The minimum atomic E-state index is -0.330. The van der Waals surface area contributed by atoms with Crippen LogP contribution in [0, 0.1) is 5.92 Å². The van der Waals surface area contributed by atoms with Crippen LogP contribution in [0.25, 0.3) is 0 Å². The molecule has 1 unspecified atom stereocenters. The molecule has 18 heavy (non-hydrogen) atoms. The molecule has 1 atom stereocenters. The Labute approximate surface area is 112 Å². The number of rotatable bonds is 6. The van der Waals surface area contributed by atoms with E-state index in [0.717, 1.165) is 18.7 Å². The molecule has 1 aromatic rings. The minimum Gasteiger partial charge on any atom is -0.298 e. The van der Waals surface area contributed by atoms with Crippen molar-refractivity contribution >= 4 is 17.2 Å². The van der Waals surface area contributed by atoms with E-state index >= 15 is 0 Å². The van der Waals surface area contributed by atoms with Gasteiger partial charge in [0.1, 0.15) is 0 Å². The Morgan fingerprint density at radius 1 is 1.56 bits per heavy atom. The number of aromatic nitrogens is 1. The summed E-state index contributed by atoms with van der Waals surface area (Å²) in [4.78, 5) is 17.8. The van der Waals surface area contributed by atoms with Crippen LogP contribution < -0.4 is 11.3 Å². The van der Waals surface area contributed by atoms with E-state index in [0.29, 0.717) is 17.0 Å². The zero-order valence-electron chi connectivity index (χ0n) is 11.4. The molecule has 102 valence electrons. The van der Waals surface area contributed by atoms with E-state index in [4.69, 9.17) is 5.84 Å². The molecule has 0 saturated heterocycles. The molecule has 0 aliphatic carbocycles. The van der Waals surface area contributed by atoms with Gasteiger partial charge in [0.2, 0.25) is 0 Å². The van der Waals surface area contributed by atoms with Crippen LogP contribution in [-0.4, -0.2) is 28.9 Å². The van der Waals surface area contributed by atoms with Gasteiger partial charge in [0.25, 0.3) is 5.91 Å². The molecule has 1 amide bonds. The molecule has 0 aliphatic heterocycles. The summed E-state index contributed by atoms with van der Waals surface area (Å²) in [7, 11) is 2.08. The number of hydrazine groups is 1. The summed E-state index contributed by atoms with van der Waals surface area (Å²) in [5, 5.41) is 2.32. The van der Waals surface area contributed by atoms with Crippen molar-refractivity contribution in [3.8, 4) is 0 Å². The van der Waals surface area contributed by atoms with Crippen LogP contribution in [0.1, 0.15) is 42.7 Å². The first kappa shape index (κ1) is 15.1. The van der Waals surface area contributed by atoms with Gasteiger partial charge >= 0.3 is 0 Å². The highest BCUT2D eigenvalue weighted by atomic mass is 32.1. The second-order valence-corrected chi connectivity index (χ2v) is 5.87. The molecule has 5 nitrogen and oxygen atoms in total. The maximum atomic E-state index is 11.3. The highest BCUT2D eigenvalue weighted by molar-refractivity contribution is 7.11. The predicted molar refractivity (Wildman–Crippen MR) is 74.2 cm³/mol. The fourth-order valence-electron chi connectivity index (χ4n) is 1.82. The molecule has 0 spiro atoms. The van der Waals surface area contributed by atoms with Crippen molar-refractivity contribution in [3.05, 3.63) is 16.1 Å². The summed E-state index contributed by atoms with van der Waals surface area (Å²) in [6.45, 7) is 7.40. The average molecular weight is 270 g/mol. The third kappa shape index (κ3) is 4.36. The first-order chi connectivity index (χ1) is 8.43. The molecular weight excluding hydrogens is 248 g/mol. The summed E-state index contributed by atoms with van der Waals surface area (Å²) in [6.07, 6.45) is 1.15. The molecule has 0 saturated carbocycles. The molecular formula is C12H22N4OS. The van der Waals surface area contributed by atoms with Gasteiger partial charge in [-0.05, 0) is 26.3 Å². The first-order valence-corrected chi connectivity index (χ1v) is 6.97. The highest BCUT2D eigenvalue weighted by Crippen LogP contribution is 2.15. The summed E-state index contributed by atoms with van der Waals surface area (Å²) in [6, 6.07) is 0.499. The quantitative estimate of drug-likeness (QED) is 0.468. The summed E-state index contributed by atoms with van der Waals surface area (Å²) in [5.41, 5.74) is 3.01. The van der Waals surface area contributed by atoms with Crippen molar-refractivity contribution in [3.63, 3.8) is 0 Å². The number of nitrogens with one attached hydrogen (secondary N) is 1. The predicted octanol–water partition coefficient (Wildman–Crippen LogP) is 1.61. The maximum absolute atomic E-state index is 11.3. The summed E-state index contributed by atoms with van der Waals surface area (Å²) in [5.74, 6) is 5.42. The molecule has 1 rings (SSSR count). The number of nitrogen functional groups attached to an aromatic ring is 1. The summed E-state index contributed by atoms with van der Waals surface area (Å²) >= 11 is 1.32. The molecule has 0 fully saturated rings. The molecule has 1 heterocycles. The zero-order chi connectivity index (χ0) is 13.7. The number of carbonyl (C=O) groups is 1. The Balaban J connectivity index is 2.56. The van der Waals surface area contributed by atoms with Gasteiger partial charge in [-0.1, -0.05) is 13.8 Å². The van der Waals surface area contributed by atoms with E-state index in [-0.39, 0.29) is 5.91 Å². The van der Waals surface area contributed by atoms with Gasteiger partial charge in [-0.2, -0.15) is 0 Å². The molecule has 0 radical (unpaired) electrons. The number of nitrogens with two attached hydrogens (primary N) is 1.